The van der Waals surface area contributed by atoms with Gasteiger partial charge < -0.3 is 30.0 Å². The maximum atomic E-state index is 13.2. The Hall–Kier alpha value is -0.700. The summed E-state index contributed by atoms with van der Waals surface area (Å²) in [5, 5.41) is 41.2. The molecule has 0 saturated heterocycles. The van der Waals surface area contributed by atoms with Crippen LogP contribution < -0.4 is 34.7 Å². The van der Waals surface area contributed by atoms with Gasteiger partial charge in [-0.2, -0.15) is 0 Å². The normalized spacial score (nSPS) is 36.8. The summed E-state index contributed by atoms with van der Waals surface area (Å²) in [6.45, 7) is -5.53. The summed E-state index contributed by atoms with van der Waals surface area (Å²) in [7, 11) is 0. The van der Waals surface area contributed by atoms with Gasteiger partial charge in [-0.15, -0.1) is 0 Å². The minimum Gasteiger partial charge on any atom is -0.550 e. The van der Waals surface area contributed by atoms with E-state index in [4.69, 9.17) is 17.1 Å². The number of hydrogen-bond donors (Lipinski definition) is 3. The third-order valence-corrected chi connectivity index (χ3v) is 5.74. The van der Waals surface area contributed by atoms with Gasteiger partial charge in [-0.1, -0.05) is 38.9 Å². The van der Waals surface area contributed by atoms with E-state index in [1.54, 1.807) is 6.08 Å². The Bertz CT molecular complexity index is 969. The second-order valence-corrected chi connectivity index (χ2v) is 8.02. The molecule has 8 atom stereocenters. The molecule has 2 aliphatic rings. The van der Waals surface area contributed by atoms with Gasteiger partial charge in [0.2, 0.25) is 0 Å². The van der Waals surface area contributed by atoms with Crippen LogP contribution in [0.3, 0.4) is 0 Å². The number of carboxylic acid groups (broad SMARTS) is 1. The summed E-state index contributed by atoms with van der Waals surface area (Å²) < 4.78 is 74.9. The molecule has 0 fully saturated rings. The predicted molar refractivity (Wildman–Crippen MR) is 109 cm³/mol. The summed E-state index contributed by atoms with van der Waals surface area (Å²) in [6.07, 6.45) is -4.27. The van der Waals surface area contributed by atoms with Gasteiger partial charge >= 0.3 is 35.5 Å². The predicted octanol–water partition coefficient (Wildman–Crippen LogP) is -1.89. The maximum absolute atomic E-state index is 13.2. The van der Waals surface area contributed by atoms with Crippen LogP contribution in [-0.4, -0.2) is 51.7 Å². The van der Waals surface area contributed by atoms with Crippen molar-refractivity contribution in [2.75, 3.05) is 0 Å². The Morgan fingerprint density at radius 2 is 2.16 bits per heavy atom. The molecule has 0 spiro atoms. The molecule has 0 bridgehead atoms. The molecule has 2 rings (SSSR count). The molecule has 31 heavy (non-hydrogen) atoms. The van der Waals surface area contributed by atoms with Crippen molar-refractivity contribution in [2.45, 2.75) is 83.5 Å². The Morgan fingerprint density at radius 1 is 1.42 bits per heavy atom. The topological polar surface area (TPSA) is 127 Å². The molecule has 0 radical (unpaired) electrons. The number of aliphatic hydroxyl groups excluding tert-OH is 3. The molecule has 0 aromatic rings. The number of carbonyl (C=O) groups is 2. The molecular formula is C23H35NaO7. The van der Waals surface area contributed by atoms with Crippen molar-refractivity contribution in [2.24, 2.45) is 23.6 Å². The van der Waals surface area contributed by atoms with Crippen LogP contribution in [0, 0.1) is 23.6 Å². The van der Waals surface area contributed by atoms with E-state index in [1.165, 1.54) is 6.08 Å². The van der Waals surface area contributed by atoms with Gasteiger partial charge in [-0.25, -0.2) is 0 Å². The molecule has 3 N–H and O–H groups in total. The van der Waals surface area contributed by atoms with Crippen LogP contribution in [0.25, 0.3) is 0 Å². The van der Waals surface area contributed by atoms with E-state index < -0.39 is 74.7 Å². The monoisotopic (exact) mass is 455 g/mol. The van der Waals surface area contributed by atoms with Crippen LogP contribution in [0.5, 0.6) is 0 Å². The van der Waals surface area contributed by atoms with Gasteiger partial charge in [0.15, 0.2) is 0 Å². The van der Waals surface area contributed by atoms with Crippen LogP contribution in [-0.2, 0) is 14.3 Å². The summed E-state index contributed by atoms with van der Waals surface area (Å²) in [5.41, 5.74) is 0.532. The minimum absolute atomic E-state index is 0. The molecule has 170 valence electrons. The third-order valence-electron chi connectivity index (χ3n) is 5.74. The first-order valence-corrected chi connectivity index (χ1v) is 9.98. The van der Waals surface area contributed by atoms with Crippen molar-refractivity contribution in [3.05, 3.63) is 23.8 Å². The number of aliphatic hydroxyl groups is 3. The molecule has 0 unspecified atom stereocenters. The SMILES string of the molecule is [2H]C([2H])([2H])C([2H])([2H])[C@@]([2H])(C(=O)O[C@H]1C[C@H](O)C=C2C=C[C@H](C)[C@H](CC[C@@H](O)C[C@@H](O)CC(=O)[O-])[C@H]21)C([2H])([2H])[2H].[Na+]. The number of esters is 1. The Balaban J connectivity index is 0.00000800. The molecule has 0 aromatic heterocycles. The number of rotatable bonds is 10. The Morgan fingerprint density at radius 3 is 2.81 bits per heavy atom. The zero-order chi connectivity index (χ0) is 30.1. The van der Waals surface area contributed by atoms with E-state index in [1.807, 2.05) is 13.0 Å². The summed E-state index contributed by atoms with van der Waals surface area (Å²) in [4.78, 5) is 23.9. The van der Waals surface area contributed by atoms with Crippen molar-refractivity contribution in [1.29, 1.82) is 0 Å². The van der Waals surface area contributed by atoms with Gasteiger partial charge in [0, 0.05) is 37.1 Å². The first kappa shape index (κ1) is 16.8. The van der Waals surface area contributed by atoms with Crippen molar-refractivity contribution in [1.82, 2.24) is 0 Å². The maximum Gasteiger partial charge on any atom is 1.00 e. The Labute approximate surface area is 219 Å². The smallest absolute Gasteiger partial charge is 0.550 e. The largest absolute Gasteiger partial charge is 1.00 e. The van der Waals surface area contributed by atoms with Crippen molar-refractivity contribution >= 4 is 11.9 Å². The molecule has 0 heterocycles. The van der Waals surface area contributed by atoms with Crippen LogP contribution in [0.2, 0.25) is 0 Å². The fourth-order valence-electron chi connectivity index (χ4n) is 4.33. The summed E-state index contributed by atoms with van der Waals surface area (Å²) >= 11 is 0. The average molecular weight is 456 g/mol. The van der Waals surface area contributed by atoms with Crippen LogP contribution in [0.4, 0.5) is 0 Å². The van der Waals surface area contributed by atoms with E-state index >= 15 is 0 Å². The fourth-order valence-corrected chi connectivity index (χ4v) is 4.33. The van der Waals surface area contributed by atoms with Gasteiger partial charge in [0.25, 0.3) is 0 Å². The van der Waals surface area contributed by atoms with E-state index in [9.17, 15) is 30.0 Å². The van der Waals surface area contributed by atoms with E-state index in [2.05, 4.69) is 0 Å². The first-order valence-electron chi connectivity index (χ1n) is 14.5. The average Bonchev–Trinajstić information content (AvgIpc) is 2.75. The zero-order valence-electron chi connectivity index (χ0n) is 26.8. The molecule has 0 aliphatic heterocycles. The van der Waals surface area contributed by atoms with Crippen LogP contribution in [0.15, 0.2) is 23.8 Å². The Kier molecular flexibility index (Phi) is 7.13. The number of fused-ring (bicyclic) bond motifs is 1. The van der Waals surface area contributed by atoms with Gasteiger partial charge in [0.1, 0.15) is 6.10 Å². The number of allylic oxidation sites excluding steroid dienone is 2. The molecule has 0 aromatic carbocycles. The summed E-state index contributed by atoms with van der Waals surface area (Å²) in [6, 6.07) is 0. The molecule has 7 nitrogen and oxygen atoms in total. The van der Waals surface area contributed by atoms with Crippen LogP contribution in [0.1, 0.15) is 71.4 Å². The van der Waals surface area contributed by atoms with Gasteiger partial charge in [-0.3, -0.25) is 4.79 Å². The minimum atomic E-state index is -3.82. The van der Waals surface area contributed by atoms with Gasteiger partial charge in [-0.05, 0) is 43.0 Å². The number of aliphatic carboxylic acids is 1. The van der Waals surface area contributed by atoms with E-state index in [0.29, 0.717) is 5.57 Å². The number of carbonyl (C=O) groups excluding carboxylic acids is 2. The third kappa shape index (κ3) is 8.30. The number of hydrogen-bond acceptors (Lipinski definition) is 7. The number of carboxylic acids is 1. The van der Waals surface area contributed by atoms with Gasteiger partial charge in [0.05, 0.1) is 24.2 Å². The molecular weight excluding hydrogens is 411 g/mol. The van der Waals surface area contributed by atoms with Crippen LogP contribution >= 0.6 is 0 Å². The zero-order valence-corrected chi connectivity index (χ0v) is 19.8. The molecule has 8 heteroatoms. The summed E-state index contributed by atoms with van der Waals surface area (Å²) in [5.74, 6) is -8.39. The van der Waals surface area contributed by atoms with Crippen molar-refractivity contribution in [3.8, 4) is 0 Å². The fraction of sp³-hybridized carbons (Fsp3) is 0.739. The molecule has 0 saturated carbocycles. The van der Waals surface area contributed by atoms with Crippen molar-refractivity contribution in [3.63, 3.8) is 0 Å². The van der Waals surface area contributed by atoms with E-state index in [-0.39, 0.29) is 67.1 Å². The first-order chi connectivity index (χ1) is 17.6. The number of ether oxygens (including phenoxy) is 1. The second-order valence-electron chi connectivity index (χ2n) is 8.02. The molecule has 0 amide bonds. The standard InChI is InChI=1S/C23H36O7.Na/c1-4-13(2)23(29)30-20-11-17(25)9-15-6-5-14(3)19(22(15)20)8-7-16(24)10-18(26)12-21(27)28;/h5-6,9,13-14,16-20,22,24-26H,4,7-8,10-12H2,1-3H3,(H,27,28);/q;+1/p-1/t13-,14-,16+,17+,18+,19-,20-,22-;/m0./s1/i1D3,2D3,4D2,13D;. The molecule has 2 aliphatic carbocycles. The van der Waals surface area contributed by atoms with E-state index in [0.717, 1.165) is 0 Å². The second kappa shape index (κ2) is 13.1. The quantitative estimate of drug-likeness (QED) is 0.260. The van der Waals surface area contributed by atoms with Crippen molar-refractivity contribution < 1.29 is 76.6 Å².